The number of amides is 1. The molecule has 0 aliphatic carbocycles. The molecule has 8 heteroatoms. The van der Waals surface area contributed by atoms with Crippen LogP contribution in [0.5, 0.6) is 5.75 Å². The molecule has 1 aromatic heterocycles. The van der Waals surface area contributed by atoms with Crippen LogP contribution in [-0.4, -0.2) is 30.2 Å². The molecule has 1 amide bonds. The molecule has 0 saturated carbocycles. The van der Waals surface area contributed by atoms with E-state index in [1.165, 1.54) is 17.0 Å². The van der Waals surface area contributed by atoms with Crippen molar-refractivity contribution in [2.24, 2.45) is 0 Å². The summed E-state index contributed by atoms with van der Waals surface area (Å²) in [6.45, 7) is 1.87. The Morgan fingerprint density at radius 2 is 1.97 bits per heavy atom. The molecule has 4 rings (SSSR count). The van der Waals surface area contributed by atoms with E-state index in [9.17, 15) is 14.0 Å². The van der Waals surface area contributed by atoms with Crippen molar-refractivity contribution < 1.29 is 28.0 Å². The SMILES string of the molecule is Cc1c(COC(=O)CCN2C(=O)COc3ccccc32)noc1-c1ccc(F)cc1. The quantitative estimate of drug-likeness (QED) is 0.577. The number of fused-ring (bicyclic) bond motifs is 1. The van der Waals surface area contributed by atoms with Crippen LogP contribution in [0.15, 0.2) is 53.1 Å². The third-order valence-corrected chi connectivity index (χ3v) is 4.84. The van der Waals surface area contributed by atoms with Crippen molar-refractivity contribution in [1.82, 2.24) is 5.16 Å². The van der Waals surface area contributed by atoms with E-state index >= 15 is 0 Å². The van der Waals surface area contributed by atoms with Crippen LogP contribution in [0.3, 0.4) is 0 Å². The van der Waals surface area contributed by atoms with Gasteiger partial charge < -0.3 is 18.9 Å². The third-order valence-electron chi connectivity index (χ3n) is 4.84. The molecule has 3 aromatic rings. The first kappa shape index (κ1) is 19.6. The highest BCUT2D eigenvalue weighted by molar-refractivity contribution is 5.98. The zero-order valence-corrected chi connectivity index (χ0v) is 16.3. The van der Waals surface area contributed by atoms with Gasteiger partial charge in [0.05, 0.1) is 12.1 Å². The summed E-state index contributed by atoms with van der Waals surface area (Å²) >= 11 is 0. The van der Waals surface area contributed by atoms with Gasteiger partial charge in [0, 0.05) is 17.7 Å². The molecule has 7 nitrogen and oxygen atoms in total. The lowest BCUT2D eigenvalue weighted by molar-refractivity contribution is -0.144. The Balaban J connectivity index is 1.35. The van der Waals surface area contributed by atoms with Gasteiger partial charge in [0.1, 0.15) is 23.9 Å². The van der Waals surface area contributed by atoms with Crippen LogP contribution in [0.2, 0.25) is 0 Å². The van der Waals surface area contributed by atoms with Crippen molar-refractivity contribution in [3.05, 3.63) is 65.6 Å². The first-order chi connectivity index (χ1) is 14.5. The van der Waals surface area contributed by atoms with E-state index in [-0.39, 0.29) is 37.9 Å². The van der Waals surface area contributed by atoms with E-state index in [2.05, 4.69) is 5.16 Å². The third kappa shape index (κ3) is 4.03. The van der Waals surface area contributed by atoms with Crippen LogP contribution in [0.4, 0.5) is 10.1 Å². The van der Waals surface area contributed by atoms with E-state index in [1.807, 2.05) is 6.07 Å². The minimum absolute atomic E-state index is 0.0296. The number of rotatable bonds is 6. The van der Waals surface area contributed by atoms with Crippen molar-refractivity contribution in [2.45, 2.75) is 20.0 Å². The second kappa shape index (κ2) is 8.36. The lowest BCUT2D eigenvalue weighted by atomic mass is 10.1. The largest absolute Gasteiger partial charge is 0.482 e. The summed E-state index contributed by atoms with van der Waals surface area (Å²) in [6.07, 6.45) is 0.0296. The minimum atomic E-state index is -0.461. The lowest BCUT2D eigenvalue weighted by Crippen LogP contribution is -2.40. The van der Waals surface area contributed by atoms with Crippen LogP contribution in [0.1, 0.15) is 17.7 Å². The average Bonchev–Trinajstić information content (AvgIpc) is 3.12. The minimum Gasteiger partial charge on any atom is -0.482 e. The summed E-state index contributed by atoms with van der Waals surface area (Å²) < 4.78 is 29.1. The molecular weight excluding hydrogens is 391 g/mol. The smallest absolute Gasteiger partial charge is 0.307 e. The predicted molar refractivity (Wildman–Crippen MR) is 105 cm³/mol. The number of hydrogen-bond acceptors (Lipinski definition) is 6. The maximum absolute atomic E-state index is 13.1. The highest BCUT2D eigenvalue weighted by atomic mass is 19.1. The summed E-state index contributed by atoms with van der Waals surface area (Å²) in [5.74, 6) is 0.0929. The Morgan fingerprint density at radius 1 is 1.20 bits per heavy atom. The summed E-state index contributed by atoms with van der Waals surface area (Å²) in [5, 5.41) is 3.95. The molecule has 0 N–H and O–H groups in total. The van der Waals surface area contributed by atoms with Gasteiger partial charge in [-0.05, 0) is 43.3 Å². The number of carbonyl (C=O) groups excluding carboxylic acids is 2. The maximum atomic E-state index is 13.1. The predicted octanol–water partition coefficient (Wildman–Crippen LogP) is 3.65. The van der Waals surface area contributed by atoms with Crippen LogP contribution in [0.25, 0.3) is 11.3 Å². The summed E-state index contributed by atoms with van der Waals surface area (Å²) in [5.41, 5.74) is 2.52. The van der Waals surface area contributed by atoms with Gasteiger partial charge in [-0.1, -0.05) is 17.3 Å². The first-order valence-corrected chi connectivity index (χ1v) is 9.42. The van der Waals surface area contributed by atoms with Crippen molar-refractivity contribution in [3.8, 4) is 17.1 Å². The monoisotopic (exact) mass is 410 g/mol. The number of halogens is 1. The molecule has 0 bridgehead atoms. The fourth-order valence-electron chi connectivity index (χ4n) is 3.20. The van der Waals surface area contributed by atoms with Gasteiger partial charge in [-0.25, -0.2) is 4.39 Å². The standard InChI is InChI=1S/C22H19FN2O5/c1-14-17(24-30-22(14)15-6-8-16(23)9-7-15)12-29-21(27)10-11-25-18-4-2-3-5-19(18)28-13-20(25)26/h2-9H,10-13H2,1H3. The zero-order chi connectivity index (χ0) is 21.1. The van der Waals surface area contributed by atoms with Gasteiger partial charge in [-0.3, -0.25) is 9.59 Å². The van der Waals surface area contributed by atoms with E-state index in [4.69, 9.17) is 14.0 Å². The normalized spacial score (nSPS) is 13.0. The summed E-state index contributed by atoms with van der Waals surface area (Å²) in [4.78, 5) is 25.9. The average molecular weight is 410 g/mol. The highest BCUT2D eigenvalue weighted by Crippen LogP contribution is 2.31. The van der Waals surface area contributed by atoms with Crippen LogP contribution >= 0.6 is 0 Å². The molecule has 0 spiro atoms. The van der Waals surface area contributed by atoms with Gasteiger partial charge in [-0.15, -0.1) is 0 Å². The maximum Gasteiger partial charge on any atom is 0.307 e. The number of carbonyl (C=O) groups is 2. The van der Waals surface area contributed by atoms with Gasteiger partial charge in [-0.2, -0.15) is 0 Å². The lowest BCUT2D eigenvalue weighted by Gasteiger charge is -2.28. The Labute approximate surface area is 172 Å². The molecule has 1 aliphatic heterocycles. The number of hydrogen-bond donors (Lipinski definition) is 0. The zero-order valence-electron chi connectivity index (χ0n) is 16.3. The summed E-state index contributed by atoms with van der Waals surface area (Å²) in [7, 11) is 0. The van der Waals surface area contributed by atoms with Crippen LogP contribution < -0.4 is 9.64 Å². The number of anilines is 1. The molecule has 30 heavy (non-hydrogen) atoms. The van der Waals surface area contributed by atoms with Gasteiger partial charge in [0.2, 0.25) is 0 Å². The number of aromatic nitrogens is 1. The molecule has 0 fully saturated rings. The molecule has 0 radical (unpaired) electrons. The van der Waals surface area contributed by atoms with E-state index in [0.29, 0.717) is 34.0 Å². The molecule has 154 valence electrons. The van der Waals surface area contributed by atoms with Gasteiger partial charge in [0.15, 0.2) is 12.4 Å². The first-order valence-electron chi connectivity index (χ1n) is 9.42. The second-order valence-electron chi connectivity index (χ2n) is 6.80. The van der Waals surface area contributed by atoms with Gasteiger partial charge >= 0.3 is 5.97 Å². The van der Waals surface area contributed by atoms with E-state index < -0.39 is 5.97 Å². The van der Waals surface area contributed by atoms with Crippen molar-refractivity contribution in [2.75, 3.05) is 18.1 Å². The fourth-order valence-corrected chi connectivity index (χ4v) is 3.20. The Bertz CT molecular complexity index is 1080. The van der Waals surface area contributed by atoms with E-state index in [0.717, 1.165) is 0 Å². The Hall–Kier alpha value is -3.68. The number of para-hydroxylation sites is 2. The molecule has 0 saturated heterocycles. The molecule has 0 unspecified atom stereocenters. The number of esters is 1. The number of benzene rings is 2. The van der Waals surface area contributed by atoms with Crippen LogP contribution in [-0.2, 0) is 20.9 Å². The molecule has 2 heterocycles. The van der Waals surface area contributed by atoms with Crippen LogP contribution in [0, 0.1) is 12.7 Å². The Kier molecular flexibility index (Phi) is 5.47. The molecular formula is C22H19FN2O5. The van der Waals surface area contributed by atoms with Gasteiger partial charge in [0.25, 0.3) is 5.91 Å². The van der Waals surface area contributed by atoms with Crippen molar-refractivity contribution in [3.63, 3.8) is 0 Å². The van der Waals surface area contributed by atoms with Crippen molar-refractivity contribution in [1.29, 1.82) is 0 Å². The van der Waals surface area contributed by atoms with E-state index in [1.54, 1.807) is 37.3 Å². The highest BCUT2D eigenvalue weighted by Gasteiger charge is 2.25. The van der Waals surface area contributed by atoms with Crippen molar-refractivity contribution >= 4 is 17.6 Å². The number of nitrogens with zero attached hydrogens (tertiary/aromatic N) is 2. The number of ether oxygens (including phenoxy) is 2. The summed E-state index contributed by atoms with van der Waals surface area (Å²) in [6, 6.07) is 13.0. The molecule has 2 aromatic carbocycles. The molecule has 1 aliphatic rings. The topological polar surface area (TPSA) is 81.9 Å². The fraction of sp³-hybridized carbons (Fsp3) is 0.227. The second-order valence-corrected chi connectivity index (χ2v) is 6.80. The molecule has 0 atom stereocenters. The Morgan fingerprint density at radius 3 is 2.77 bits per heavy atom.